The average molecular weight is 316 g/mol. The van der Waals surface area contributed by atoms with Crippen LogP contribution in [0.2, 0.25) is 0 Å². The second-order valence-electron chi connectivity index (χ2n) is 4.56. The molecule has 0 fully saturated rings. The SMILES string of the molecule is CCSc1ccc2oc3ccccc3c(=O)c2c1SCC. The number of para-hydroxylation sites is 1. The normalized spacial score (nSPS) is 11.3. The molecule has 0 aliphatic heterocycles. The molecule has 3 aromatic rings. The van der Waals surface area contributed by atoms with Gasteiger partial charge >= 0.3 is 0 Å². The summed E-state index contributed by atoms with van der Waals surface area (Å²) in [4.78, 5) is 15.1. The molecule has 4 heteroatoms. The first-order valence-corrected chi connectivity index (χ1v) is 8.97. The molecule has 1 heterocycles. The molecular formula is C17H16O2S2. The van der Waals surface area contributed by atoms with Crippen LogP contribution in [0.1, 0.15) is 13.8 Å². The van der Waals surface area contributed by atoms with Gasteiger partial charge in [-0.3, -0.25) is 4.79 Å². The maximum absolute atomic E-state index is 12.9. The van der Waals surface area contributed by atoms with Crippen LogP contribution >= 0.6 is 23.5 Å². The average Bonchev–Trinajstić information content (AvgIpc) is 2.50. The Balaban J connectivity index is 2.42. The molecule has 0 radical (unpaired) electrons. The summed E-state index contributed by atoms with van der Waals surface area (Å²) in [6, 6.07) is 11.4. The summed E-state index contributed by atoms with van der Waals surface area (Å²) in [6.07, 6.45) is 0. The maximum Gasteiger partial charge on any atom is 0.201 e. The van der Waals surface area contributed by atoms with Gasteiger partial charge in [0.1, 0.15) is 11.2 Å². The first kappa shape index (κ1) is 14.5. The lowest BCUT2D eigenvalue weighted by atomic mass is 10.1. The van der Waals surface area contributed by atoms with Gasteiger partial charge in [0.15, 0.2) is 0 Å². The van der Waals surface area contributed by atoms with Crippen molar-refractivity contribution in [2.75, 3.05) is 11.5 Å². The third kappa shape index (κ3) is 2.58. The van der Waals surface area contributed by atoms with Crippen LogP contribution in [0.3, 0.4) is 0 Å². The van der Waals surface area contributed by atoms with E-state index in [4.69, 9.17) is 4.42 Å². The Hall–Kier alpha value is -1.39. The van der Waals surface area contributed by atoms with Crippen molar-refractivity contribution in [3.05, 3.63) is 46.6 Å². The lowest BCUT2D eigenvalue weighted by Crippen LogP contribution is -2.04. The number of fused-ring (bicyclic) bond motifs is 2. The van der Waals surface area contributed by atoms with Gasteiger partial charge in [0.25, 0.3) is 0 Å². The second kappa shape index (κ2) is 6.16. The zero-order valence-corrected chi connectivity index (χ0v) is 13.6. The third-order valence-electron chi connectivity index (χ3n) is 3.25. The molecule has 0 spiro atoms. The summed E-state index contributed by atoms with van der Waals surface area (Å²) in [5.74, 6) is 1.92. The molecule has 0 bridgehead atoms. The van der Waals surface area contributed by atoms with E-state index in [1.54, 1.807) is 23.5 Å². The number of hydrogen-bond donors (Lipinski definition) is 0. The topological polar surface area (TPSA) is 30.2 Å². The van der Waals surface area contributed by atoms with Crippen molar-refractivity contribution in [1.29, 1.82) is 0 Å². The van der Waals surface area contributed by atoms with E-state index >= 15 is 0 Å². The van der Waals surface area contributed by atoms with E-state index in [-0.39, 0.29) is 5.43 Å². The molecule has 108 valence electrons. The Morgan fingerprint density at radius 1 is 0.952 bits per heavy atom. The Bertz CT molecular complexity index is 852. The van der Waals surface area contributed by atoms with Gasteiger partial charge in [-0.25, -0.2) is 0 Å². The smallest absolute Gasteiger partial charge is 0.201 e. The monoisotopic (exact) mass is 316 g/mol. The molecule has 0 saturated carbocycles. The van der Waals surface area contributed by atoms with Gasteiger partial charge in [0, 0.05) is 9.79 Å². The van der Waals surface area contributed by atoms with E-state index in [2.05, 4.69) is 19.9 Å². The van der Waals surface area contributed by atoms with Crippen LogP contribution in [0, 0.1) is 0 Å². The quantitative estimate of drug-likeness (QED) is 0.490. The van der Waals surface area contributed by atoms with Crippen LogP contribution in [0.4, 0.5) is 0 Å². The minimum absolute atomic E-state index is 0.0707. The van der Waals surface area contributed by atoms with Gasteiger partial charge in [-0.2, -0.15) is 0 Å². The van der Waals surface area contributed by atoms with E-state index in [0.29, 0.717) is 16.6 Å². The summed E-state index contributed by atoms with van der Waals surface area (Å²) >= 11 is 3.48. The molecule has 0 amide bonds. The van der Waals surface area contributed by atoms with E-state index in [1.165, 1.54) is 4.90 Å². The number of rotatable bonds is 4. The van der Waals surface area contributed by atoms with Crippen molar-refractivity contribution < 1.29 is 4.42 Å². The summed E-state index contributed by atoms with van der Waals surface area (Å²) in [6.45, 7) is 4.23. The fraction of sp³-hybridized carbons (Fsp3) is 0.235. The Labute approximate surface area is 131 Å². The number of hydrogen-bond acceptors (Lipinski definition) is 4. The zero-order valence-electron chi connectivity index (χ0n) is 12.0. The standard InChI is InChI=1S/C17H16O2S2/c1-3-20-14-10-9-13-15(17(14)21-4-2)16(18)11-7-5-6-8-12(11)19-13/h5-10H,3-4H2,1-2H3. The van der Waals surface area contributed by atoms with Crippen molar-refractivity contribution in [1.82, 2.24) is 0 Å². The van der Waals surface area contributed by atoms with Crippen LogP contribution < -0.4 is 5.43 Å². The van der Waals surface area contributed by atoms with Crippen molar-refractivity contribution in [3.63, 3.8) is 0 Å². The predicted octanol–water partition coefficient (Wildman–Crippen LogP) is 5.17. The molecule has 21 heavy (non-hydrogen) atoms. The molecule has 0 N–H and O–H groups in total. The third-order valence-corrected chi connectivity index (χ3v) is 5.32. The van der Waals surface area contributed by atoms with Crippen LogP contribution in [-0.4, -0.2) is 11.5 Å². The molecule has 1 aromatic heterocycles. The first-order chi connectivity index (χ1) is 10.3. The molecule has 0 aliphatic carbocycles. The summed E-state index contributed by atoms with van der Waals surface area (Å²) in [5.41, 5.74) is 1.40. The molecule has 0 atom stereocenters. The fourth-order valence-corrected chi connectivity index (χ4v) is 4.30. The minimum Gasteiger partial charge on any atom is -0.456 e. The number of thioether (sulfide) groups is 2. The van der Waals surface area contributed by atoms with Gasteiger partial charge in [0.2, 0.25) is 5.43 Å². The highest BCUT2D eigenvalue weighted by molar-refractivity contribution is 8.02. The molecule has 0 unspecified atom stereocenters. The lowest BCUT2D eigenvalue weighted by molar-refractivity contribution is 0.658. The highest BCUT2D eigenvalue weighted by atomic mass is 32.2. The van der Waals surface area contributed by atoms with Crippen LogP contribution in [0.25, 0.3) is 21.9 Å². The Kier molecular flexibility index (Phi) is 4.27. The number of benzene rings is 2. The largest absolute Gasteiger partial charge is 0.456 e. The van der Waals surface area contributed by atoms with Crippen molar-refractivity contribution >= 4 is 45.5 Å². The highest BCUT2D eigenvalue weighted by Gasteiger charge is 2.15. The minimum atomic E-state index is 0.0707. The van der Waals surface area contributed by atoms with Crippen molar-refractivity contribution in [3.8, 4) is 0 Å². The van der Waals surface area contributed by atoms with Gasteiger partial charge < -0.3 is 4.42 Å². The molecule has 3 rings (SSSR count). The molecular weight excluding hydrogens is 300 g/mol. The zero-order chi connectivity index (χ0) is 14.8. The molecule has 0 saturated heterocycles. The second-order valence-corrected chi connectivity index (χ2v) is 7.14. The summed E-state index contributed by atoms with van der Waals surface area (Å²) < 4.78 is 5.92. The van der Waals surface area contributed by atoms with Gasteiger partial charge in [-0.15, -0.1) is 23.5 Å². The van der Waals surface area contributed by atoms with Gasteiger partial charge in [-0.1, -0.05) is 26.0 Å². The van der Waals surface area contributed by atoms with E-state index < -0.39 is 0 Å². The lowest BCUT2D eigenvalue weighted by Gasteiger charge is -2.10. The first-order valence-electron chi connectivity index (χ1n) is 7.00. The van der Waals surface area contributed by atoms with Crippen LogP contribution in [-0.2, 0) is 0 Å². The Morgan fingerprint density at radius 2 is 1.71 bits per heavy atom. The van der Waals surface area contributed by atoms with E-state index in [1.807, 2.05) is 30.3 Å². The predicted molar refractivity (Wildman–Crippen MR) is 92.8 cm³/mol. The van der Waals surface area contributed by atoms with E-state index in [9.17, 15) is 4.79 Å². The van der Waals surface area contributed by atoms with Crippen molar-refractivity contribution in [2.45, 2.75) is 23.6 Å². The summed E-state index contributed by atoms with van der Waals surface area (Å²) in [7, 11) is 0. The Morgan fingerprint density at radius 3 is 2.48 bits per heavy atom. The molecule has 2 nitrogen and oxygen atoms in total. The van der Waals surface area contributed by atoms with Crippen LogP contribution in [0.15, 0.2) is 55.4 Å². The van der Waals surface area contributed by atoms with Crippen molar-refractivity contribution in [2.24, 2.45) is 0 Å². The summed E-state index contributed by atoms with van der Waals surface area (Å²) in [5, 5.41) is 1.38. The molecule has 0 aliphatic rings. The van der Waals surface area contributed by atoms with Crippen LogP contribution in [0.5, 0.6) is 0 Å². The fourth-order valence-electron chi connectivity index (χ4n) is 2.40. The maximum atomic E-state index is 12.9. The van der Waals surface area contributed by atoms with Gasteiger partial charge in [0.05, 0.1) is 10.8 Å². The molecule has 2 aromatic carbocycles. The highest BCUT2D eigenvalue weighted by Crippen LogP contribution is 2.36. The van der Waals surface area contributed by atoms with E-state index in [0.717, 1.165) is 21.8 Å². The van der Waals surface area contributed by atoms with Gasteiger partial charge in [-0.05, 0) is 35.8 Å².